The molecule has 0 spiro atoms. The van der Waals surface area contributed by atoms with Gasteiger partial charge in [0, 0.05) is 5.56 Å². The Hall–Kier alpha value is -2.60. The first kappa shape index (κ1) is 16.3. The zero-order chi connectivity index (χ0) is 16.9. The number of hydrogen-bond acceptors (Lipinski definition) is 5. The lowest BCUT2D eigenvalue weighted by Gasteiger charge is -2.04. The summed E-state index contributed by atoms with van der Waals surface area (Å²) in [7, 11) is 0. The number of amides is 1. The average Bonchev–Trinajstić information content (AvgIpc) is 2.99. The highest BCUT2D eigenvalue weighted by Crippen LogP contribution is 2.32. The van der Waals surface area contributed by atoms with Gasteiger partial charge in [-0.15, -0.1) is 0 Å². The monoisotopic (exact) mass is 342 g/mol. The number of fused-ring (bicyclic) bond motifs is 1. The van der Waals surface area contributed by atoms with Crippen molar-refractivity contribution < 1.29 is 14.3 Å². The molecule has 1 heterocycles. The van der Waals surface area contributed by atoms with E-state index in [4.69, 9.17) is 9.47 Å². The van der Waals surface area contributed by atoms with Crippen molar-refractivity contribution >= 4 is 32.6 Å². The largest absolute Gasteiger partial charge is 0.494 e. The minimum absolute atomic E-state index is 0.199. The van der Waals surface area contributed by atoms with Gasteiger partial charge in [0.25, 0.3) is 5.91 Å². The maximum atomic E-state index is 12.4. The lowest BCUT2D eigenvalue weighted by Crippen LogP contribution is -2.11. The Balaban J connectivity index is 1.78. The number of para-hydroxylation sites is 1. The molecule has 1 amide bonds. The summed E-state index contributed by atoms with van der Waals surface area (Å²) in [5, 5.41) is 3.39. The normalized spacial score (nSPS) is 10.6. The van der Waals surface area contributed by atoms with Crippen LogP contribution in [0.25, 0.3) is 10.2 Å². The van der Waals surface area contributed by atoms with Crippen LogP contribution in [0.5, 0.6) is 11.5 Å². The molecule has 0 atom stereocenters. The van der Waals surface area contributed by atoms with E-state index in [1.54, 1.807) is 24.3 Å². The molecule has 6 heteroatoms. The number of benzene rings is 2. The van der Waals surface area contributed by atoms with Gasteiger partial charge in [-0.25, -0.2) is 4.98 Å². The van der Waals surface area contributed by atoms with Gasteiger partial charge in [-0.3, -0.25) is 10.1 Å². The number of nitrogens with zero attached hydrogens (tertiary/aromatic N) is 1. The van der Waals surface area contributed by atoms with Gasteiger partial charge < -0.3 is 9.47 Å². The fourth-order valence-electron chi connectivity index (χ4n) is 2.29. The first-order valence-electron chi connectivity index (χ1n) is 7.77. The predicted octanol–water partition coefficient (Wildman–Crippen LogP) is 4.35. The third kappa shape index (κ3) is 3.49. The third-order valence-corrected chi connectivity index (χ3v) is 4.27. The molecule has 0 bridgehead atoms. The van der Waals surface area contributed by atoms with Crippen LogP contribution in [-0.4, -0.2) is 24.1 Å². The van der Waals surface area contributed by atoms with Crippen molar-refractivity contribution in [2.75, 3.05) is 18.5 Å². The maximum absolute atomic E-state index is 12.4. The molecule has 0 unspecified atom stereocenters. The van der Waals surface area contributed by atoms with E-state index >= 15 is 0 Å². The zero-order valence-electron chi connectivity index (χ0n) is 13.5. The first-order valence-corrected chi connectivity index (χ1v) is 8.59. The molecule has 124 valence electrons. The van der Waals surface area contributed by atoms with Crippen LogP contribution in [0, 0.1) is 0 Å². The van der Waals surface area contributed by atoms with Crippen LogP contribution in [-0.2, 0) is 0 Å². The lowest BCUT2D eigenvalue weighted by molar-refractivity contribution is 0.102. The van der Waals surface area contributed by atoms with Crippen molar-refractivity contribution in [1.29, 1.82) is 0 Å². The zero-order valence-corrected chi connectivity index (χ0v) is 14.4. The Labute approximate surface area is 144 Å². The Morgan fingerprint density at radius 1 is 1.08 bits per heavy atom. The van der Waals surface area contributed by atoms with E-state index in [1.165, 1.54) is 11.3 Å². The van der Waals surface area contributed by atoms with Crippen molar-refractivity contribution in [3.63, 3.8) is 0 Å². The second kappa shape index (κ2) is 7.31. The highest BCUT2D eigenvalue weighted by Gasteiger charge is 2.12. The Morgan fingerprint density at radius 2 is 1.83 bits per heavy atom. The molecule has 0 saturated heterocycles. The quantitative estimate of drug-likeness (QED) is 0.723. The molecule has 24 heavy (non-hydrogen) atoms. The van der Waals surface area contributed by atoms with Gasteiger partial charge in [-0.2, -0.15) is 0 Å². The lowest BCUT2D eigenvalue weighted by atomic mass is 10.2. The number of anilines is 1. The van der Waals surface area contributed by atoms with E-state index in [0.717, 1.165) is 21.7 Å². The summed E-state index contributed by atoms with van der Waals surface area (Å²) < 4.78 is 11.9. The minimum Gasteiger partial charge on any atom is -0.494 e. The van der Waals surface area contributed by atoms with Crippen LogP contribution >= 0.6 is 11.3 Å². The first-order chi connectivity index (χ1) is 11.7. The van der Waals surface area contributed by atoms with Crippen molar-refractivity contribution in [3.8, 4) is 11.5 Å². The molecule has 0 fully saturated rings. The fourth-order valence-corrected chi connectivity index (χ4v) is 3.17. The van der Waals surface area contributed by atoms with Crippen molar-refractivity contribution in [2.24, 2.45) is 0 Å². The third-order valence-electron chi connectivity index (χ3n) is 3.33. The molecular weight excluding hydrogens is 324 g/mol. The summed E-state index contributed by atoms with van der Waals surface area (Å²) in [6.45, 7) is 5.02. The topological polar surface area (TPSA) is 60.5 Å². The summed E-state index contributed by atoms with van der Waals surface area (Å²) in [4.78, 5) is 16.8. The number of hydrogen-bond donors (Lipinski definition) is 1. The van der Waals surface area contributed by atoms with E-state index in [0.29, 0.717) is 23.9 Å². The Bertz CT molecular complexity index is 843. The summed E-state index contributed by atoms with van der Waals surface area (Å²) >= 11 is 1.42. The molecule has 2 aromatic carbocycles. The van der Waals surface area contributed by atoms with Gasteiger partial charge >= 0.3 is 0 Å². The molecule has 0 aliphatic heterocycles. The maximum Gasteiger partial charge on any atom is 0.257 e. The molecule has 0 aliphatic carbocycles. The second-order valence-electron chi connectivity index (χ2n) is 4.97. The van der Waals surface area contributed by atoms with Crippen LogP contribution in [0.3, 0.4) is 0 Å². The van der Waals surface area contributed by atoms with E-state index in [9.17, 15) is 4.79 Å². The highest BCUT2D eigenvalue weighted by atomic mass is 32.1. The number of ether oxygens (including phenoxy) is 2. The minimum atomic E-state index is -0.199. The van der Waals surface area contributed by atoms with Gasteiger partial charge in [0.2, 0.25) is 0 Å². The number of carbonyl (C=O) groups is 1. The van der Waals surface area contributed by atoms with E-state index in [2.05, 4.69) is 10.3 Å². The molecule has 5 nitrogen and oxygen atoms in total. The molecular formula is C18H18N2O3S. The van der Waals surface area contributed by atoms with Crippen LogP contribution in [0.2, 0.25) is 0 Å². The number of carbonyl (C=O) groups excluding carboxylic acids is 1. The average molecular weight is 342 g/mol. The smallest absolute Gasteiger partial charge is 0.257 e. The van der Waals surface area contributed by atoms with Crippen molar-refractivity contribution in [1.82, 2.24) is 4.98 Å². The predicted molar refractivity (Wildman–Crippen MR) is 96.4 cm³/mol. The molecule has 0 saturated carbocycles. The van der Waals surface area contributed by atoms with Crippen LogP contribution in [0.1, 0.15) is 24.2 Å². The SMILES string of the molecule is CCOc1ccc(C(=O)Nc2nc3c(OCC)cccc3s2)cc1. The number of aromatic nitrogens is 1. The molecule has 3 aromatic rings. The van der Waals surface area contributed by atoms with E-state index < -0.39 is 0 Å². The van der Waals surface area contributed by atoms with E-state index in [-0.39, 0.29) is 5.91 Å². The number of nitrogens with one attached hydrogen (secondary N) is 1. The molecule has 1 N–H and O–H groups in total. The van der Waals surface area contributed by atoms with Crippen molar-refractivity contribution in [3.05, 3.63) is 48.0 Å². The fraction of sp³-hybridized carbons (Fsp3) is 0.222. The standard InChI is InChI=1S/C18H18N2O3S/c1-3-22-13-10-8-12(9-11-13)17(21)20-18-19-16-14(23-4-2)6-5-7-15(16)24-18/h5-11H,3-4H2,1-2H3,(H,19,20,21). The molecule has 0 radical (unpaired) electrons. The van der Waals surface area contributed by atoms with Gasteiger partial charge in [0.1, 0.15) is 17.0 Å². The van der Waals surface area contributed by atoms with Crippen LogP contribution in [0.4, 0.5) is 5.13 Å². The van der Waals surface area contributed by atoms with Gasteiger partial charge in [0.15, 0.2) is 5.13 Å². The van der Waals surface area contributed by atoms with Gasteiger partial charge in [-0.1, -0.05) is 17.4 Å². The van der Waals surface area contributed by atoms with Gasteiger partial charge in [0.05, 0.1) is 17.9 Å². The van der Waals surface area contributed by atoms with E-state index in [1.807, 2.05) is 32.0 Å². The Kier molecular flexibility index (Phi) is 4.96. The summed E-state index contributed by atoms with van der Waals surface area (Å²) in [5.74, 6) is 1.28. The van der Waals surface area contributed by atoms with Gasteiger partial charge in [-0.05, 0) is 50.2 Å². The molecule has 1 aromatic heterocycles. The number of rotatable bonds is 6. The number of thiazole rings is 1. The summed E-state index contributed by atoms with van der Waals surface area (Å²) in [6, 6.07) is 12.8. The van der Waals surface area contributed by atoms with Crippen LogP contribution < -0.4 is 14.8 Å². The van der Waals surface area contributed by atoms with Crippen molar-refractivity contribution in [2.45, 2.75) is 13.8 Å². The summed E-state index contributed by atoms with van der Waals surface area (Å²) in [6.07, 6.45) is 0. The molecule has 3 rings (SSSR count). The Morgan fingerprint density at radius 3 is 2.54 bits per heavy atom. The second-order valence-corrected chi connectivity index (χ2v) is 6.00. The molecule has 0 aliphatic rings. The highest BCUT2D eigenvalue weighted by molar-refractivity contribution is 7.22. The summed E-state index contributed by atoms with van der Waals surface area (Å²) in [5.41, 5.74) is 1.33. The van der Waals surface area contributed by atoms with Crippen LogP contribution in [0.15, 0.2) is 42.5 Å².